The Morgan fingerprint density at radius 1 is 1.24 bits per heavy atom. The Kier molecular flexibility index (Phi) is 4.56. The number of nitriles is 1. The van der Waals surface area contributed by atoms with Gasteiger partial charge in [0, 0.05) is 10.0 Å². The van der Waals surface area contributed by atoms with Gasteiger partial charge in [0.15, 0.2) is 11.6 Å². The molecule has 0 aliphatic carbocycles. The number of hydrogen-bond donors (Lipinski definition) is 1. The molecule has 2 aromatic rings. The molecule has 2 rings (SSSR count). The molecule has 0 radical (unpaired) electrons. The van der Waals surface area contributed by atoms with Crippen LogP contribution in [0.5, 0.6) is 11.5 Å². The van der Waals surface area contributed by atoms with Gasteiger partial charge in [-0.2, -0.15) is 9.65 Å². The van der Waals surface area contributed by atoms with Gasteiger partial charge in [0.05, 0.1) is 17.7 Å². The van der Waals surface area contributed by atoms with Crippen LogP contribution >= 0.6 is 15.9 Å². The number of halogens is 3. The summed E-state index contributed by atoms with van der Waals surface area (Å²) in [5, 5.41) is 18.6. The lowest BCUT2D eigenvalue weighted by atomic mass is 10.1. The fourth-order valence-electron chi connectivity index (χ4n) is 1.76. The van der Waals surface area contributed by atoms with E-state index < -0.39 is 17.7 Å². The maximum Gasteiger partial charge on any atom is 0.201 e. The molecule has 3 nitrogen and oxygen atoms in total. The first-order valence-corrected chi connectivity index (χ1v) is 6.76. The smallest absolute Gasteiger partial charge is 0.201 e. The molecule has 0 bridgehead atoms. The van der Waals surface area contributed by atoms with Crippen LogP contribution in [0.2, 0.25) is 0 Å². The van der Waals surface area contributed by atoms with Gasteiger partial charge in [-0.15, -0.1) is 0 Å². The summed E-state index contributed by atoms with van der Waals surface area (Å²) in [7, 11) is 0. The molecule has 1 N–H and O–H groups in total. The number of benzene rings is 2. The third kappa shape index (κ3) is 3.38. The van der Waals surface area contributed by atoms with Crippen molar-refractivity contribution in [1.82, 2.24) is 0 Å². The molecule has 21 heavy (non-hydrogen) atoms. The van der Waals surface area contributed by atoms with E-state index in [-0.39, 0.29) is 17.1 Å². The molecule has 0 spiro atoms. The van der Waals surface area contributed by atoms with E-state index in [1.165, 1.54) is 31.2 Å². The van der Waals surface area contributed by atoms with E-state index in [4.69, 9.17) is 10.00 Å². The minimum Gasteiger partial charge on any atom is -0.454 e. The zero-order valence-corrected chi connectivity index (χ0v) is 12.5. The van der Waals surface area contributed by atoms with Gasteiger partial charge >= 0.3 is 0 Å². The third-order valence-corrected chi connectivity index (χ3v) is 3.23. The third-order valence-electron chi connectivity index (χ3n) is 2.77. The van der Waals surface area contributed by atoms with Gasteiger partial charge < -0.3 is 9.84 Å². The highest BCUT2D eigenvalue weighted by molar-refractivity contribution is 9.10. The normalized spacial score (nSPS) is 11.8. The first-order valence-electron chi connectivity index (χ1n) is 5.97. The summed E-state index contributed by atoms with van der Waals surface area (Å²) in [4.78, 5) is 0. The molecule has 0 aliphatic rings. The number of aliphatic hydroxyl groups excluding tert-OH is 1. The van der Waals surface area contributed by atoms with Crippen LogP contribution in [0, 0.1) is 23.0 Å². The maximum absolute atomic E-state index is 13.7. The second kappa shape index (κ2) is 6.20. The van der Waals surface area contributed by atoms with Gasteiger partial charge in [0.1, 0.15) is 5.75 Å². The van der Waals surface area contributed by atoms with Crippen molar-refractivity contribution in [3.63, 3.8) is 0 Å². The van der Waals surface area contributed by atoms with Gasteiger partial charge in [-0.25, -0.2) is 4.39 Å². The first-order chi connectivity index (χ1) is 9.92. The van der Waals surface area contributed by atoms with Crippen LogP contribution < -0.4 is 4.74 Å². The summed E-state index contributed by atoms with van der Waals surface area (Å²) in [5.41, 5.74) is 0.652. The standard InChI is InChI=1S/C15H10BrF2NO2/c1-8(20)11-3-2-9(7-19)4-13(11)21-14-6-10(16)5-12(17)15(14)18/h2-6,8,20H,1H3. The van der Waals surface area contributed by atoms with Gasteiger partial charge in [-0.05, 0) is 31.2 Å². The van der Waals surface area contributed by atoms with Crippen LogP contribution in [0.3, 0.4) is 0 Å². The lowest BCUT2D eigenvalue weighted by molar-refractivity contribution is 0.195. The number of aliphatic hydroxyl groups is 1. The van der Waals surface area contributed by atoms with E-state index in [9.17, 15) is 13.9 Å². The molecule has 0 heterocycles. The summed E-state index contributed by atoms with van der Waals surface area (Å²) < 4.78 is 32.8. The Morgan fingerprint density at radius 3 is 2.57 bits per heavy atom. The van der Waals surface area contributed by atoms with Gasteiger partial charge in [0.25, 0.3) is 0 Å². The molecule has 0 amide bonds. The van der Waals surface area contributed by atoms with E-state index in [2.05, 4.69) is 15.9 Å². The Bertz CT molecular complexity index is 726. The van der Waals surface area contributed by atoms with E-state index in [0.29, 0.717) is 10.0 Å². The predicted octanol–water partition coefficient (Wildman–Crippen LogP) is 4.44. The van der Waals surface area contributed by atoms with Gasteiger partial charge in [-0.3, -0.25) is 0 Å². The van der Waals surface area contributed by atoms with Crippen molar-refractivity contribution < 1.29 is 18.6 Å². The molecule has 0 aromatic heterocycles. The molecular formula is C15H10BrF2NO2. The number of hydrogen-bond acceptors (Lipinski definition) is 3. The van der Waals surface area contributed by atoms with Crippen LogP contribution in [0.25, 0.3) is 0 Å². The highest BCUT2D eigenvalue weighted by atomic mass is 79.9. The van der Waals surface area contributed by atoms with Gasteiger partial charge in [0.2, 0.25) is 5.82 Å². The van der Waals surface area contributed by atoms with E-state index >= 15 is 0 Å². The van der Waals surface area contributed by atoms with Crippen molar-refractivity contribution in [2.24, 2.45) is 0 Å². The molecule has 0 saturated carbocycles. The molecule has 0 fully saturated rings. The average Bonchev–Trinajstić information content (AvgIpc) is 2.43. The minimum absolute atomic E-state index is 0.0976. The summed E-state index contributed by atoms with van der Waals surface area (Å²) in [5.74, 6) is -2.44. The molecule has 2 aromatic carbocycles. The van der Waals surface area contributed by atoms with Crippen LogP contribution in [0.1, 0.15) is 24.2 Å². The SMILES string of the molecule is CC(O)c1ccc(C#N)cc1Oc1cc(Br)cc(F)c1F. The fraction of sp³-hybridized carbons (Fsp3) is 0.133. The quantitative estimate of drug-likeness (QED) is 0.829. The van der Waals surface area contributed by atoms with Crippen molar-refractivity contribution in [3.05, 3.63) is 57.6 Å². The van der Waals surface area contributed by atoms with Crippen molar-refractivity contribution in [2.75, 3.05) is 0 Å². The second-order valence-corrected chi connectivity index (χ2v) is 5.26. The van der Waals surface area contributed by atoms with Crippen molar-refractivity contribution >= 4 is 15.9 Å². The molecule has 1 atom stereocenters. The first kappa shape index (κ1) is 15.4. The fourth-order valence-corrected chi connectivity index (χ4v) is 2.17. The molecule has 6 heteroatoms. The van der Waals surface area contributed by atoms with Crippen molar-refractivity contribution in [3.8, 4) is 17.6 Å². The highest BCUT2D eigenvalue weighted by Crippen LogP contribution is 2.34. The van der Waals surface area contributed by atoms with Crippen LogP contribution in [-0.4, -0.2) is 5.11 Å². The minimum atomic E-state index is -1.14. The predicted molar refractivity (Wildman–Crippen MR) is 75.9 cm³/mol. The van der Waals surface area contributed by atoms with Gasteiger partial charge in [-0.1, -0.05) is 22.0 Å². The van der Waals surface area contributed by atoms with E-state index in [0.717, 1.165) is 6.07 Å². The van der Waals surface area contributed by atoms with Crippen LogP contribution in [0.15, 0.2) is 34.8 Å². The van der Waals surface area contributed by atoms with E-state index in [1.54, 1.807) is 0 Å². The summed E-state index contributed by atoms with van der Waals surface area (Å²) in [6, 6.07) is 8.53. The second-order valence-electron chi connectivity index (χ2n) is 4.34. The highest BCUT2D eigenvalue weighted by Gasteiger charge is 2.16. The molecule has 0 saturated heterocycles. The lowest BCUT2D eigenvalue weighted by Gasteiger charge is -2.14. The zero-order valence-electron chi connectivity index (χ0n) is 10.9. The number of ether oxygens (including phenoxy) is 1. The monoisotopic (exact) mass is 353 g/mol. The van der Waals surface area contributed by atoms with Crippen molar-refractivity contribution in [1.29, 1.82) is 5.26 Å². The Balaban J connectivity index is 2.51. The summed E-state index contributed by atoms with van der Waals surface area (Å²) in [6.45, 7) is 1.51. The Hall–Kier alpha value is -1.97. The number of rotatable bonds is 3. The Morgan fingerprint density at radius 2 is 1.95 bits per heavy atom. The topological polar surface area (TPSA) is 53.2 Å². The van der Waals surface area contributed by atoms with Crippen LogP contribution in [0.4, 0.5) is 8.78 Å². The van der Waals surface area contributed by atoms with Crippen molar-refractivity contribution in [2.45, 2.75) is 13.0 Å². The summed E-state index contributed by atoms with van der Waals surface area (Å²) in [6.07, 6.45) is -0.882. The summed E-state index contributed by atoms with van der Waals surface area (Å²) >= 11 is 3.05. The average molecular weight is 354 g/mol. The maximum atomic E-state index is 13.7. The molecule has 0 aliphatic heterocycles. The molecular weight excluding hydrogens is 344 g/mol. The largest absolute Gasteiger partial charge is 0.454 e. The Labute approximate surface area is 128 Å². The van der Waals surface area contributed by atoms with E-state index in [1.807, 2.05) is 6.07 Å². The number of nitrogens with zero attached hydrogens (tertiary/aromatic N) is 1. The zero-order chi connectivity index (χ0) is 15.6. The molecule has 1 unspecified atom stereocenters. The lowest BCUT2D eigenvalue weighted by Crippen LogP contribution is -1.99. The molecule has 108 valence electrons. The van der Waals surface area contributed by atoms with Crippen LogP contribution in [-0.2, 0) is 0 Å².